The first-order chi connectivity index (χ1) is 10.9. The predicted octanol–water partition coefficient (Wildman–Crippen LogP) is 5.35. The van der Waals surface area contributed by atoms with Crippen LogP contribution in [0.1, 0.15) is 5.56 Å². The van der Waals surface area contributed by atoms with Crippen LogP contribution < -0.4 is 9.47 Å². The Bertz CT molecular complexity index is 716. The topological polar surface area (TPSA) is 61.6 Å². The minimum atomic E-state index is -0.760. The minimum Gasteiger partial charge on any atom is -0.484 e. The number of ether oxygens (including phenoxy) is 2. The zero-order valence-electron chi connectivity index (χ0n) is 12.0. The van der Waals surface area contributed by atoms with Gasteiger partial charge >= 0.3 is 5.69 Å². The molecule has 0 spiro atoms. The Kier molecular flexibility index (Phi) is 5.63. The molecule has 0 unspecified atom stereocenters. The van der Waals surface area contributed by atoms with E-state index in [1.165, 1.54) is 24.3 Å². The van der Waals surface area contributed by atoms with Crippen molar-refractivity contribution >= 4 is 28.9 Å². The highest BCUT2D eigenvalue weighted by Crippen LogP contribution is 2.38. The van der Waals surface area contributed by atoms with E-state index < -0.39 is 11.6 Å². The lowest BCUT2D eigenvalue weighted by atomic mass is 10.2. The second-order valence-corrected chi connectivity index (χ2v) is 5.40. The summed E-state index contributed by atoms with van der Waals surface area (Å²) in [6.07, 6.45) is 0. The van der Waals surface area contributed by atoms with Crippen LogP contribution in [-0.4, -0.2) is 18.2 Å². The second-order valence-electron chi connectivity index (χ2n) is 4.56. The van der Waals surface area contributed by atoms with E-state index in [0.29, 0.717) is 21.4 Å². The first kappa shape index (κ1) is 17.3. The number of nitro groups is 1. The molecule has 0 amide bonds. The van der Waals surface area contributed by atoms with Gasteiger partial charge in [0.25, 0.3) is 0 Å². The van der Waals surface area contributed by atoms with E-state index in [1.807, 2.05) is 0 Å². The Labute approximate surface area is 141 Å². The van der Waals surface area contributed by atoms with Crippen molar-refractivity contribution in [3.63, 3.8) is 0 Å². The number of hydrogen-bond donors (Lipinski definition) is 0. The lowest BCUT2D eigenvalue weighted by molar-refractivity contribution is -0.385. The van der Waals surface area contributed by atoms with E-state index in [1.54, 1.807) is 13.0 Å². The first-order valence-electron chi connectivity index (χ1n) is 6.53. The Balaban J connectivity index is 2.35. The number of rotatable bonds is 6. The van der Waals surface area contributed by atoms with Crippen molar-refractivity contribution in [1.29, 1.82) is 0 Å². The molecule has 0 aromatic heterocycles. The average molecular weight is 360 g/mol. The van der Waals surface area contributed by atoms with Crippen molar-refractivity contribution < 1.29 is 18.8 Å². The summed E-state index contributed by atoms with van der Waals surface area (Å²) in [5.74, 6) is 0.575. The molecule has 0 aliphatic rings. The number of nitrogens with zero attached hydrogens (tertiary/aromatic N) is 1. The molecule has 122 valence electrons. The Hall–Kier alpha value is -2.05. The lowest BCUT2D eigenvalue weighted by Crippen LogP contribution is -2.02. The molecule has 0 heterocycles. The molecule has 23 heavy (non-hydrogen) atoms. The number of halogens is 3. The summed E-state index contributed by atoms with van der Waals surface area (Å²) in [5, 5.41) is 11.7. The summed E-state index contributed by atoms with van der Waals surface area (Å²) < 4.78 is 23.0. The van der Waals surface area contributed by atoms with Gasteiger partial charge in [0.15, 0.2) is 0 Å². The lowest BCUT2D eigenvalue weighted by Gasteiger charge is -2.12. The maximum absolute atomic E-state index is 12.2. The van der Waals surface area contributed by atoms with E-state index in [9.17, 15) is 14.5 Å². The number of aryl methyl sites for hydroxylation is 1. The van der Waals surface area contributed by atoms with Gasteiger partial charge in [0.2, 0.25) is 5.75 Å². The molecule has 0 saturated carbocycles. The molecular formula is C15H12Cl2FNO4. The van der Waals surface area contributed by atoms with Crippen LogP contribution in [0.25, 0.3) is 0 Å². The molecular weight excluding hydrogens is 348 g/mol. The quantitative estimate of drug-likeness (QED) is 0.515. The SMILES string of the molecule is Cc1cc(Cl)cc(Cl)c1Oc1ccc([N+](=O)[O-])c(OCCF)c1. The van der Waals surface area contributed by atoms with E-state index in [-0.39, 0.29) is 23.8 Å². The fourth-order valence-corrected chi connectivity index (χ4v) is 2.54. The second kappa shape index (κ2) is 7.48. The number of benzene rings is 2. The van der Waals surface area contributed by atoms with E-state index in [0.717, 1.165) is 0 Å². The van der Waals surface area contributed by atoms with Crippen LogP contribution in [0, 0.1) is 17.0 Å². The predicted molar refractivity (Wildman–Crippen MR) is 85.8 cm³/mol. The van der Waals surface area contributed by atoms with Crippen LogP contribution in [0.3, 0.4) is 0 Å². The molecule has 2 aromatic rings. The van der Waals surface area contributed by atoms with Gasteiger partial charge in [-0.05, 0) is 30.7 Å². The zero-order valence-corrected chi connectivity index (χ0v) is 13.5. The van der Waals surface area contributed by atoms with Crippen molar-refractivity contribution in [1.82, 2.24) is 0 Å². The molecule has 8 heteroatoms. The van der Waals surface area contributed by atoms with Gasteiger partial charge in [-0.15, -0.1) is 0 Å². The fraction of sp³-hybridized carbons (Fsp3) is 0.200. The summed E-state index contributed by atoms with van der Waals surface area (Å²) in [6.45, 7) is 0.717. The summed E-state index contributed by atoms with van der Waals surface area (Å²) in [6, 6.07) is 7.15. The van der Waals surface area contributed by atoms with Crippen molar-refractivity contribution in [2.75, 3.05) is 13.3 Å². The largest absolute Gasteiger partial charge is 0.484 e. The normalized spacial score (nSPS) is 10.4. The van der Waals surface area contributed by atoms with Gasteiger partial charge in [-0.2, -0.15) is 0 Å². The molecule has 2 rings (SSSR count). The standard InChI is InChI=1S/C15H12Cl2FNO4/c1-9-6-10(16)7-12(17)15(9)23-11-2-3-13(19(20)21)14(8-11)22-5-4-18/h2-3,6-8H,4-5H2,1H3. The summed E-state index contributed by atoms with van der Waals surface area (Å²) >= 11 is 12.0. The fourth-order valence-electron chi connectivity index (χ4n) is 1.91. The third-order valence-electron chi connectivity index (χ3n) is 2.88. The third-order valence-corrected chi connectivity index (χ3v) is 3.38. The summed E-state index contributed by atoms with van der Waals surface area (Å²) in [5.41, 5.74) is 0.428. The van der Waals surface area contributed by atoms with Crippen LogP contribution in [0.15, 0.2) is 30.3 Å². The van der Waals surface area contributed by atoms with Crippen molar-refractivity contribution in [3.8, 4) is 17.2 Å². The Morgan fingerprint density at radius 2 is 2.00 bits per heavy atom. The van der Waals surface area contributed by atoms with Gasteiger partial charge in [0, 0.05) is 17.2 Å². The Morgan fingerprint density at radius 3 is 2.61 bits per heavy atom. The molecule has 0 aliphatic heterocycles. The third kappa shape index (κ3) is 4.24. The van der Waals surface area contributed by atoms with E-state index >= 15 is 0 Å². The number of nitro benzene ring substituents is 1. The first-order valence-corrected chi connectivity index (χ1v) is 7.28. The van der Waals surface area contributed by atoms with Crippen LogP contribution in [0.5, 0.6) is 17.2 Å². The monoisotopic (exact) mass is 359 g/mol. The van der Waals surface area contributed by atoms with Crippen LogP contribution >= 0.6 is 23.2 Å². The highest BCUT2D eigenvalue weighted by Gasteiger charge is 2.17. The molecule has 2 aromatic carbocycles. The zero-order chi connectivity index (χ0) is 17.0. The van der Waals surface area contributed by atoms with Gasteiger partial charge in [0.05, 0.1) is 9.95 Å². The number of hydrogen-bond acceptors (Lipinski definition) is 4. The molecule has 0 fully saturated rings. The molecule has 0 saturated heterocycles. The highest BCUT2D eigenvalue weighted by molar-refractivity contribution is 6.35. The van der Waals surface area contributed by atoms with Gasteiger partial charge in [-0.1, -0.05) is 23.2 Å². The minimum absolute atomic E-state index is 0.0760. The van der Waals surface area contributed by atoms with Crippen molar-refractivity contribution in [2.45, 2.75) is 6.92 Å². The van der Waals surface area contributed by atoms with Crippen molar-refractivity contribution in [3.05, 3.63) is 56.1 Å². The van der Waals surface area contributed by atoms with Gasteiger partial charge in [-0.25, -0.2) is 4.39 Å². The number of alkyl halides is 1. The van der Waals surface area contributed by atoms with Crippen molar-refractivity contribution in [2.24, 2.45) is 0 Å². The molecule has 0 aliphatic carbocycles. The van der Waals surface area contributed by atoms with E-state index in [4.69, 9.17) is 32.7 Å². The van der Waals surface area contributed by atoms with Crippen LogP contribution in [0.4, 0.5) is 10.1 Å². The molecule has 0 bridgehead atoms. The van der Waals surface area contributed by atoms with Gasteiger partial charge < -0.3 is 9.47 Å². The van der Waals surface area contributed by atoms with Crippen LogP contribution in [0.2, 0.25) is 10.0 Å². The van der Waals surface area contributed by atoms with Gasteiger partial charge in [-0.3, -0.25) is 10.1 Å². The molecule has 0 atom stereocenters. The summed E-state index contributed by atoms with van der Waals surface area (Å²) in [4.78, 5) is 10.3. The highest BCUT2D eigenvalue weighted by atomic mass is 35.5. The Morgan fingerprint density at radius 1 is 1.26 bits per heavy atom. The van der Waals surface area contributed by atoms with E-state index in [2.05, 4.69) is 0 Å². The molecule has 5 nitrogen and oxygen atoms in total. The van der Waals surface area contributed by atoms with Gasteiger partial charge in [0.1, 0.15) is 24.8 Å². The molecule has 0 radical (unpaired) electrons. The maximum Gasteiger partial charge on any atom is 0.311 e. The maximum atomic E-state index is 12.2. The molecule has 0 N–H and O–H groups in total. The van der Waals surface area contributed by atoms with Crippen LogP contribution in [-0.2, 0) is 0 Å². The summed E-state index contributed by atoms with van der Waals surface area (Å²) in [7, 11) is 0. The smallest absolute Gasteiger partial charge is 0.311 e. The average Bonchev–Trinajstić information content (AvgIpc) is 2.48.